The molecule has 0 saturated carbocycles. The van der Waals surface area contributed by atoms with Gasteiger partial charge in [-0.15, -0.1) is 0 Å². The summed E-state index contributed by atoms with van der Waals surface area (Å²) in [5.41, 5.74) is 1.01. The molecule has 2 saturated heterocycles. The summed E-state index contributed by atoms with van der Waals surface area (Å²) in [5, 5.41) is 3.12. The highest BCUT2D eigenvalue weighted by atomic mass is 16.5. The van der Waals surface area contributed by atoms with Gasteiger partial charge < -0.3 is 15.0 Å². The van der Waals surface area contributed by atoms with Gasteiger partial charge in [-0.2, -0.15) is 0 Å². The van der Waals surface area contributed by atoms with Crippen LogP contribution in [0.4, 0.5) is 4.79 Å². The second-order valence-corrected chi connectivity index (χ2v) is 6.54. The minimum atomic E-state index is -0.0666. The number of carbonyl (C=O) groups excluding carboxylic acids is 1. The van der Waals surface area contributed by atoms with Crippen LogP contribution in [-0.2, 0) is 0 Å². The highest BCUT2D eigenvalue weighted by Crippen LogP contribution is 2.25. The zero-order valence-corrected chi connectivity index (χ0v) is 14.1. The summed E-state index contributed by atoms with van der Waals surface area (Å²) >= 11 is 0. The first-order valence-corrected chi connectivity index (χ1v) is 8.61. The maximum absolute atomic E-state index is 12.6. The van der Waals surface area contributed by atoms with Crippen molar-refractivity contribution in [2.45, 2.75) is 38.3 Å². The third kappa shape index (κ3) is 3.61. The number of hydrogen-bond donors (Lipinski definition) is 1. The quantitative estimate of drug-likeness (QED) is 0.932. The van der Waals surface area contributed by atoms with Gasteiger partial charge in [-0.05, 0) is 32.4 Å². The van der Waals surface area contributed by atoms with Crippen molar-refractivity contribution >= 4 is 6.03 Å². The van der Waals surface area contributed by atoms with Crippen LogP contribution in [-0.4, -0.2) is 55.2 Å². The van der Waals surface area contributed by atoms with E-state index in [0.717, 1.165) is 30.9 Å². The van der Waals surface area contributed by atoms with Crippen molar-refractivity contribution in [2.75, 3.05) is 33.3 Å². The number of nitrogens with zero attached hydrogens (tertiary/aromatic N) is 2. The number of ether oxygens (including phenoxy) is 1. The van der Waals surface area contributed by atoms with E-state index in [2.05, 4.69) is 10.2 Å². The minimum Gasteiger partial charge on any atom is -0.496 e. The summed E-state index contributed by atoms with van der Waals surface area (Å²) in [6, 6.07) is 8.36. The molecule has 1 N–H and O–H groups in total. The van der Waals surface area contributed by atoms with Gasteiger partial charge in [0.15, 0.2) is 0 Å². The van der Waals surface area contributed by atoms with Crippen molar-refractivity contribution in [1.29, 1.82) is 0 Å². The second-order valence-electron chi connectivity index (χ2n) is 6.54. The van der Waals surface area contributed by atoms with Gasteiger partial charge in [-0.25, -0.2) is 4.79 Å². The molecule has 23 heavy (non-hydrogen) atoms. The Kier molecular flexibility index (Phi) is 5.06. The van der Waals surface area contributed by atoms with Gasteiger partial charge in [0.2, 0.25) is 0 Å². The van der Waals surface area contributed by atoms with Crippen LogP contribution < -0.4 is 10.1 Å². The molecule has 2 heterocycles. The van der Waals surface area contributed by atoms with E-state index in [1.165, 1.54) is 25.8 Å². The lowest BCUT2D eigenvalue weighted by atomic mass is 10.00. The maximum atomic E-state index is 12.6. The number of urea groups is 1. The smallest absolute Gasteiger partial charge is 0.317 e. The molecule has 1 aromatic carbocycles. The molecular formula is C18H27N3O2. The Morgan fingerprint density at radius 1 is 1.26 bits per heavy atom. The summed E-state index contributed by atoms with van der Waals surface area (Å²) in [6.45, 7) is 5.87. The highest BCUT2D eigenvalue weighted by Gasteiger charge is 2.31. The predicted octanol–water partition coefficient (Wildman–Crippen LogP) is 2.64. The van der Waals surface area contributed by atoms with Gasteiger partial charge in [0.05, 0.1) is 13.2 Å². The van der Waals surface area contributed by atoms with E-state index in [4.69, 9.17) is 4.74 Å². The summed E-state index contributed by atoms with van der Waals surface area (Å²) in [5.74, 6) is 0.817. The van der Waals surface area contributed by atoms with E-state index >= 15 is 0 Å². The van der Waals surface area contributed by atoms with Gasteiger partial charge in [0.25, 0.3) is 0 Å². The summed E-state index contributed by atoms with van der Waals surface area (Å²) in [6.07, 6.45) is 3.80. The van der Waals surface area contributed by atoms with Gasteiger partial charge in [0.1, 0.15) is 5.75 Å². The van der Waals surface area contributed by atoms with Crippen LogP contribution >= 0.6 is 0 Å². The van der Waals surface area contributed by atoms with Gasteiger partial charge in [-0.3, -0.25) is 4.90 Å². The molecule has 0 aliphatic carbocycles. The Balaban J connectivity index is 1.60. The normalized spacial score (nSPS) is 23.0. The SMILES string of the molecule is COc1ccccc1C(C)NC(=O)N1CCN2CCCCC2C1. The van der Waals surface area contributed by atoms with Crippen molar-refractivity contribution in [3.05, 3.63) is 29.8 Å². The Bertz CT molecular complexity index is 549. The molecule has 5 nitrogen and oxygen atoms in total. The largest absolute Gasteiger partial charge is 0.496 e. The van der Waals surface area contributed by atoms with Crippen molar-refractivity contribution in [2.24, 2.45) is 0 Å². The number of nitrogens with one attached hydrogen (secondary N) is 1. The van der Waals surface area contributed by atoms with Gasteiger partial charge >= 0.3 is 6.03 Å². The van der Waals surface area contributed by atoms with Gasteiger partial charge in [0, 0.05) is 31.2 Å². The van der Waals surface area contributed by atoms with E-state index in [-0.39, 0.29) is 12.1 Å². The average Bonchev–Trinajstić information content (AvgIpc) is 2.61. The van der Waals surface area contributed by atoms with Crippen LogP contribution in [0, 0.1) is 0 Å². The average molecular weight is 317 g/mol. The third-order valence-corrected chi connectivity index (χ3v) is 5.07. The standard InChI is InChI=1S/C18H27N3O2/c1-14(16-8-3-4-9-17(16)23-2)19-18(22)21-12-11-20-10-6-5-7-15(20)13-21/h3-4,8-9,14-15H,5-7,10-13H2,1-2H3,(H,19,22). The van der Waals surface area contributed by atoms with Gasteiger partial charge in [-0.1, -0.05) is 24.6 Å². The number of fused-ring (bicyclic) bond motifs is 1. The molecule has 0 radical (unpaired) electrons. The van der Waals surface area contributed by atoms with Crippen LogP contribution in [0.1, 0.15) is 37.8 Å². The molecule has 0 spiro atoms. The lowest BCUT2D eigenvalue weighted by Crippen LogP contribution is -2.58. The lowest BCUT2D eigenvalue weighted by molar-refractivity contribution is 0.0637. The fourth-order valence-electron chi connectivity index (χ4n) is 3.72. The van der Waals surface area contributed by atoms with E-state index < -0.39 is 0 Å². The molecule has 5 heteroatoms. The highest BCUT2D eigenvalue weighted by molar-refractivity contribution is 5.75. The molecule has 2 unspecified atom stereocenters. The first-order valence-electron chi connectivity index (χ1n) is 8.61. The monoisotopic (exact) mass is 317 g/mol. The number of para-hydroxylation sites is 1. The number of hydrogen-bond acceptors (Lipinski definition) is 3. The first kappa shape index (κ1) is 16.1. The number of rotatable bonds is 3. The van der Waals surface area contributed by atoms with Crippen LogP contribution in [0.15, 0.2) is 24.3 Å². The number of amides is 2. The lowest BCUT2D eigenvalue weighted by Gasteiger charge is -2.44. The zero-order valence-electron chi connectivity index (χ0n) is 14.1. The Morgan fingerprint density at radius 2 is 2.09 bits per heavy atom. The van der Waals surface area contributed by atoms with Crippen molar-refractivity contribution in [1.82, 2.24) is 15.1 Å². The van der Waals surface area contributed by atoms with Crippen LogP contribution in [0.5, 0.6) is 5.75 Å². The molecule has 1 aromatic rings. The Labute approximate surface area is 138 Å². The first-order chi connectivity index (χ1) is 11.2. The molecule has 2 amide bonds. The van der Waals surface area contributed by atoms with E-state index in [1.54, 1.807) is 7.11 Å². The van der Waals surface area contributed by atoms with Crippen LogP contribution in [0.2, 0.25) is 0 Å². The van der Waals surface area contributed by atoms with E-state index in [0.29, 0.717) is 6.04 Å². The molecule has 126 valence electrons. The molecule has 0 bridgehead atoms. The summed E-state index contributed by atoms with van der Waals surface area (Å²) < 4.78 is 5.39. The Hall–Kier alpha value is -1.75. The van der Waals surface area contributed by atoms with E-state index in [1.807, 2.05) is 36.1 Å². The third-order valence-electron chi connectivity index (χ3n) is 5.07. The topological polar surface area (TPSA) is 44.8 Å². The second kappa shape index (κ2) is 7.21. The number of piperazine rings is 1. The molecule has 2 atom stereocenters. The molecule has 2 aliphatic heterocycles. The number of methoxy groups -OCH3 is 1. The Morgan fingerprint density at radius 3 is 2.91 bits per heavy atom. The van der Waals surface area contributed by atoms with E-state index in [9.17, 15) is 4.79 Å². The molecule has 2 fully saturated rings. The summed E-state index contributed by atoms with van der Waals surface area (Å²) in [7, 11) is 1.66. The predicted molar refractivity (Wildman–Crippen MR) is 90.7 cm³/mol. The fraction of sp³-hybridized carbons (Fsp3) is 0.611. The maximum Gasteiger partial charge on any atom is 0.317 e. The number of carbonyl (C=O) groups is 1. The fourth-order valence-corrected chi connectivity index (χ4v) is 3.72. The number of benzene rings is 1. The molecule has 2 aliphatic rings. The van der Waals surface area contributed by atoms with Crippen molar-refractivity contribution < 1.29 is 9.53 Å². The van der Waals surface area contributed by atoms with Crippen LogP contribution in [0.25, 0.3) is 0 Å². The number of piperidine rings is 1. The zero-order chi connectivity index (χ0) is 16.2. The minimum absolute atomic E-state index is 0.0358. The molecule has 3 rings (SSSR count). The molecule has 0 aromatic heterocycles. The summed E-state index contributed by atoms with van der Waals surface area (Å²) in [4.78, 5) is 17.1. The van der Waals surface area contributed by atoms with Crippen LogP contribution in [0.3, 0.4) is 0 Å². The van der Waals surface area contributed by atoms with Crippen molar-refractivity contribution in [3.8, 4) is 5.75 Å². The molecular weight excluding hydrogens is 290 g/mol. The van der Waals surface area contributed by atoms with Crippen molar-refractivity contribution in [3.63, 3.8) is 0 Å².